The maximum Gasteiger partial charge on any atom is 0.291 e. The van der Waals surface area contributed by atoms with Gasteiger partial charge in [0, 0.05) is 17.3 Å². The fourth-order valence-corrected chi connectivity index (χ4v) is 3.46. The van der Waals surface area contributed by atoms with Crippen LogP contribution >= 0.6 is 12.2 Å². The second kappa shape index (κ2) is 11.7. The molecule has 1 heterocycles. The van der Waals surface area contributed by atoms with Crippen molar-refractivity contribution in [2.24, 2.45) is 0 Å². The topological polar surface area (TPSA) is 102 Å². The summed E-state index contributed by atoms with van der Waals surface area (Å²) in [6, 6.07) is 24.8. The Labute approximate surface area is 213 Å². The smallest absolute Gasteiger partial charge is 0.291 e. The predicted octanol–water partition coefficient (Wildman–Crippen LogP) is 5.25. The highest BCUT2D eigenvalue weighted by Crippen LogP contribution is 2.28. The van der Waals surface area contributed by atoms with Crippen molar-refractivity contribution in [3.63, 3.8) is 0 Å². The lowest BCUT2D eigenvalue weighted by molar-refractivity contribution is 0.0975. The van der Waals surface area contributed by atoms with Crippen LogP contribution in [0.25, 0.3) is 0 Å². The van der Waals surface area contributed by atoms with Crippen molar-refractivity contribution in [1.82, 2.24) is 5.32 Å². The number of carbonyl (C=O) groups is 2. The number of ether oxygens (including phenoxy) is 2. The van der Waals surface area contributed by atoms with E-state index in [1.807, 2.05) is 30.3 Å². The number of furan rings is 1. The van der Waals surface area contributed by atoms with E-state index in [0.29, 0.717) is 35.0 Å². The summed E-state index contributed by atoms with van der Waals surface area (Å²) in [4.78, 5) is 24.8. The first kappa shape index (κ1) is 24.5. The molecule has 0 spiro atoms. The van der Waals surface area contributed by atoms with Crippen molar-refractivity contribution >= 4 is 40.5 Å². The van der Waals surface area contributed by atoms with Crippen LogP contribution in [0.2, 0.25) is 0 Å². The van der Waals surface area contributed by atoms with Crippen molar-refractivity contribution in [2.75, 3.05) is 17.7 Å². The van der Waals surface area contributed by atoms with E-state index in [0.717, 1.165) is 5.56 Å². The molecule has 0 aliphatic carbocycles. The average Bonchev–Trinajstić information content (AvgIpc) is 3.44. The fraction of sp³-hybridized carbons (Fsp3) is 0.0741. The number of amides is 2. The van der Waals surface area contributed by atoms with E-state index >= 15 is 0 Å². The lowest BCUT2D eigenvalue weighted by atomic mass is 10.2. The van der Waals surface area contributed by atoms with E-state index in [1.165, 1.54) is 13.4 Å². The highest BCUT2D eigenvalue weighted by Gasteiger charge is 2.14. The molecule has 182 valence electrons. The minimum Gasteiger partial charge on any atom is -0.494 e. The number of thiocarbonyl (C=S) groups is 1. The first-order chi connectivity index (χ1) is 17.5. The molecule has 2 amide bonds. The van der Waals surface area contributed by atoms with Gasteiger partial charge in [-0.05, 0) is 66.3 Å². The van der Waals surface area contributed by atoms with E-state index in [2.05, 4.69) is 16.0 Å². The number of rotatable bonds is 8. The molecule has 9 heteroatoms. The molecule has 4 aromatic rings. The summed E-state index contributed by atoms with van der Waals surface area (Å²) in [6.45, 7) is 0.440. The summed E-state index contributed by atoms with van der Waals surface area (Å²) in [5.74, 6) is 0.469. The fourth-order valence-electron chi connectivity index (χ4n) is 3.24. The molecule has 36 heavy (non-hydrogen) atoms. The Bertz CT molecular complexity index is 1340. The molecule has 0 aliphatic rings. The largest absolute Gasteiger partial charge is 0.494 e. The van der Waals surface area contributed by atoms with Crippen molar-refractivity contribution in [3.05, 3.63) is 108 Å². The number of nitrogens with one attached hydrogen (secondary N) is 3. The highest BCUT2D eigenvalue weighted by molar-refractivity contribution is 7.80. The van der Waals surface area contributed by atoms with E-state index in [-0.39, 0.29) is 16.8 Å². The summed E-state index contributed by atoms with van der Waals surface area (Å²) < 4.78 is 16.2. The molecule has 1 aromatic heterocycles. The van der Waals surface area contributed by atoms with Gasteiger partial charge in [-0.15, -0.1) is 0 Å². The standard InChI is InChI=1S/C27H23N3O5S/c1-33-24-16-20(11-14-22(24)29-26(32)23-8-5-15-34-23)28-27(36)30-25(31)19-9-12-21(13-10-19)35-17-18-6-3-2-4-7-18/h2-16H,17H2,1H3,(H,29,32)(H2,28,30,31,36). The summed E-state index contributed by atoms with van der Waals surface area (Å²) in [6.07, 6.45) is 1.42. The zero-order valence-corrected chi connectivity index (χ0v) is 20.1. The average molecular weight is 502 g/mol. The van der Waals surface area contributed by atoms with Gasteiger partial charge in [0.05, 0.1) is 19.1 Å². The van der Waals surface area contributed by atoms with Crippen LogP contribution in [0.5, 0.6) is 11.5 Å². The Morgan fingerprint density at radius 1 is 0.889 bits per heavy atom. The van der Waals surface area contributed by atoms with Gasteiger partial charge >= 0.3 is 0 Å². The first-order valence-corrected chi connectivity index (χ1v) is 11.3. The molecule has 0 fully saturated rings. The van der Waals surface area contributed by atoms with Crippen molar-refractivity contribution in [3.8, 4) is 11.5 Å². The van der Waals surface area contributed by atoms with Gasteiger partial charge in [-0.3, -0.25) is 14.9 Å². The van der Waals surface area contributed by atoms with E-state index < -0.39 is 5.91 Å². The Kier molecular flexibility index (Phi) is 7.94. The molecule has 0 unspecified atom stereocenters. The molecular formula is C27H23N3O5S. The van der Waals surface area contributed by atoms with Gasteiger partial charge in [0.15, 0.2) is 10.9 Å². The maximum absolute atomic E-state index is 12.6. The molecule has 3 N–H and O–H groups in total. The monoisotopic (exact) mass is 501 g/mol. The molecule has 8 nitrogen and oxygen atoms in total. The van der Waals surface area contributed by atoms with Crippen molar-refractivity contribution in [2.45, 2.75) is 6.61 Å². The molecule has 0 saturated carbocycles. The summed E-state index contributed by atoms with van der Waals surface area (Å²) in [5, 5.41) is 8.41. The SMILES string of the molecule is COc1cc(NC(=S)NC(=O)c2ccc(OCc3ccccc3)cc2)ccc1NC(=O)c1ccco1. The minimum absolute atomic E-state index is 0.110. The Hall–Kier alpha value is -4.63. The van der Waals surface area contributed by atoms with Crippen molar-refractivity contribution < 1.29 is 23.5 Å². The predicted molar refractivity (Wildman–Crippen MR) is 141 cm³/mol. The van der Waals surface area contributed by atoms with Crippen LogP contribution in [0.4, 0.5) is 11.4 Å². The zero-order chi connectivity index (χ0) is 25.3. The van der Waals surface area contributed by atoms with Crippen LogP contribution in [0.1, 0.15) is 26.5 Å². The third kappa shape index (κ3) is 6.49. The van der Waals surface area contributed by atoms with Gasteiger partial charge in [-0.1, -0.05) is 30.3 Å². The Morgan fingerprint density at radius 2 is 1.67 bits per heavy atom. The quantitative estimate of drug-likeness (QED) is 0.284. The molecule has 4 rings (SSSR count). The second-order valence-electron chi connectivity index (χ2n) is 7.55. The number of benzene rings is 3. The van der Waals surface area contributed by atoms with Gasteiger partial charge in [0.2, 0.25) is 0 Å². The molecular weight excluding hydrogens is 478 g/mol. The molecule has 0 aliphatic heterocycles. The molecule has 0 radical (unpaired) electrons. The van der Waals surface area contributed by atoms with Crippen LogP contribution in [0.15, 0.2) is 95.6 Å². The van der Waals surface area contributed by atoms with Crippen LogP contribution < -0.4 is 25.4 Å². The Balaban J connectivity index is 1.31. The van der Waals surface area contributed by atoms with E-state index in [1.54, 1.807) is 54.6 Å². The molecule has 0 bridgehead atoms. The van der Waals surface area contributed by atoms with Gasteiger partial charge in [0.25, 0.3) is 11.8 Å². The number of hydrogen-bond donors (Lipinski definition) is 3. The minimum atomic E-state index is -0.404. The Morgan fingerprint density at radius 3 is 2.36 bits per heavy atom. The highest BCUT2D eigenvalue weighted by atomic mass is 32.1. The normalized spacial score (nSPS) is 10.2. The molecule has 0 saturated heterocycles. The van der Waals surface area contributed by atoms with Crippen LogP contribution in [0, 0.1) is 0 Å². The van der Waals surface area contributed by atoms with Gasteiger partial charge in [-0.2, -0.15) is 0 Å². The lowest BCUT2D eigenvalue weighted by Gasteiger charge is -2.14. The van der Waals surface area contributed by atoms with Gasteiger partial charge in [-0.25, -0.2) is 0 Å². The maximum atomic E-state index is 12.6. The number of carbonyl (C=O) groups excluding carboxylic acids is 2. The number of hydrogen-bond acceptors (Lipinski definition) is 6. The summed E-state index contributed by atoms with van der Waals surface area (Å²) in [7, 11) is 1.48. The molecule has 0 atom stereocenters. The third-order valence-electron chi connectivity index (χ3n) is 5.04. The van der Waals surface area contributed by atoms with Crippen LogP contribution in [0.3, 0.4) is 0 Å². The van der Waals surface area contributed by atoms with Crippen LogP contribution in [-0.2, 0) is 6.61 Å². The first-order valence-electron chi connectivity index (χ1n) is 10.9. The van der Waals surface area contributed by atoms with Crippen molar-refractivity contribution in [1.29, 1.82) is 0 Å². The molecule has 3 aromatic carbocycles. The van der Waals surface area contributed by atoms with Crippen LogP contribution in [-0.4, -0.2) is 24.0 Å². The van der Waals surface area contributed by atoms with Gasteiger partial charge in [0.1, 0.15) is 18.1 Å². The summed E-state index contributed by atoms with van der Waals surface area (Å²) in [5.41, 5.74) is 2.51. The van der Waals surface area contributed by atoms with Gasteiger partial charge < -0.3 is 24.5 Å². The zero-order valence-electron chi connectivity index (χ0n) is 19.3. The van der Waals surface area contributed by atoms with E-state index in [9.17, 15) is 9.59 Å². The van der Waals surface area contributed by atoms with E-state index in [4.69, 9.17) is 26.1 Å². The second-order valence-corrected chi connectivity index (χ2v) is 7.96. The number of anilines is 2. The third-order valence-corrected chi connectivity index (χ3v) is 5.25. The number of methoxy groups -OCH3 is 1. The lowest BCUT2D eigenvalue weighted by Crippen LogP contribution is -2.34. The summed E-state index contributed by atoms with van der Waals surface area (Å²) >= 11 is 5.28.